The number of anilines is 1. The highest BCUT2D eigenvalue weighted by atomic mass is 32.2. The molecule has 4 rings (SSSR count). The van der Waals surface area contributed by atoms with Crippen molar-refractivity contribution in [2.75, 3.05) is 18.0 Å². The van der Waals surface area contributed by atoms with Crippen LogP contribution in [0.15, 0.2) is 77.7 Å². The molecule has 0 heterocycles. The van der Waals surface area contributed by atoms with Gasteiger partial charge in [-0.15, -0.1) is 0 Å². The van der Waals surface area contributed by atoms with E-state index in [-0.39, 0.29) is 29.1 Å². The number of nitrogens with one attached hydrogen (secondary N) is 1. The summed E-state index contributed by atoms with van der Waals surface area (Å²) in [5, 5.41) is 3.15. The summed E-state index contributed by atoms with van der Waals surface area (Å²) in [6, 6.07) is 20.3. The van der Waals surface area contributed by atoms with E-state index in [1.54, 1.807) is 36.4 Å². The molecule has 0 spiro atoms. The van der Waals surface area contributed by atoms with Crippen molar-refractivity contribution in [1.82, 2.24) is 10.2 Å². The fourth-order valence-electron chi connectivity index (χ4n) is 5.44. The molecule has 9 heteroatoms. The van der Waals surface area contributed by atoms with Gasteiger partial charge in [0.2, 0.25) is 11.8 Å². The van der Waals surface area contributed by atoms with Crippen LogP contribution in [0.4, 0.5) is 5.69 Å². The molecule has 0 saturated heterocycles. The topological polar surface area (TPSA) is 96.0 Å². The highest BCUT2D eigenvalue weighted by Gasteiger charge is 2.35. The highest BCUT2D eigenvalue weighted by Crippen LogP contribution is 2.33. The number of carbonyl (C=O) groups excluding carboxylic acids is 2. The third-order valence-electron chi connectivity index (χ3n) is 7.93. The van der Waals surface area contributed by atoms with E-state index in [1.807, 2.05) is 45.0 Å². The third kappa shape index (κ3) is 7.13. The quantitative estimate of drug-likeness (QED) is 0.305. The number of sulfonamides is 1. The summed E-state index contributed by atoms with van der Waals surface area (Å²) in [7, 11) is -2.72. The fraction of sp³-hybridized carbons (Fsp3) is 0.394. The number of benzene rings is 3. The first kappa shape index (κ1) is 31.1. The van der Waals surface area contributed by atoms with Crippen molar-refractivity contribution in [2.24, 2.45) is 0 Å². The van der Waals surface area contributed by atoms with Gasteiger partial charge in [-0.05, 0) is 68.5 Å². The smallest absolute Gasteiger partial charge is 0.264 e. The van der Waals surface area contributed by atoms with Crippen molar-refractivity contribution in [3.05, 3.63) is 89.5 Å². The Morgan fingerprint density at radius 1 is 0.952 bits per heavy atom. The Morgan fingerprint density at radius 3 is 2.24 bits per heavy atom. The Labute approximate surface area is 249 Å². The number of hydrogen-bond donors (Lipinski definition) is 1. The normalized spacial score (nSPS) is 14.3. The lowest BCUT2D eigenvalue weighted by Crippen LogP contribution is -2.53. The minimum absolute atomic E-state index is 0.0586. The van der Waals surface area contributed by atoms with Crippen molar-refractivity contribution >= 4 is 27.5 Å². The van der Waals surface area contributed by atoms with E-state index in [0.29, 0.717) is 12.2 Å². The molecular weight excluding hydrogens is 550 g/mol. The number of hydrogen-bond acceptors (Lipinski definition) is 5. The lowest BCUT2D eigenvalue weighted by molar-refractivity contribution is -0.140. The van der Waals surface area contributed by atoms with Gasteiger partial charge in [-0.3, -0.25) is 13.9 Å². The van der Waals surface area contributed by atoms with Gasteiger partial charge in [0.15, 0.2) is 0 Å². The molecule has 1 aliphatic carbocycles. The van der Waals surface area contributed by atoms with E-state index < -0.39 is 28.5 Å². The van der Waals surface area contributed by atoms with Gasteiger partial charge in [-0.1, -0.05) is 73.9 Å². The van der Waals surface area contributed by atoms with Gasteiger partial charge >= 0.3 is 0 Å². The molecule has 0 aromatic heterocycles. The molecule has 0 radical (unpaired) electrons. The number of carbonyl (C=O) groups is 2. The fourth-order valence-corrected chi connectivity index (χ4v) is 6.87. The minimum atomic E-state index is -4.18. The summed E-state index contributed by atoms with van der Waals surface area (Å²) < 4.78 is 34.8. The molecule has 3 aromatic rings. The largest absolute Gasteiger partial charge is 0.495 e. The first-order chi connectivity index (χ1) is 20.1. The van der Waals surface area contributed by atoms with Crippen LogP contribution >= 0.6 is 0 Å². The lowest BCUT2D eigenvalue weighted by atomic mass is 10.1. The molecule has 1 saturated carbocycles. The van der Waals surface area contributed by atoms with Crippen molar-refractivity contribution in [1.29, 1.82) is 0 Å². The zero-order valence-corrected chi connectivity index (χ0v) is 25.7. The number of para-hydroxylation sites is 2. The SMILES string of the molecule is CCC(C(=O)NC1CCCC1)N(Cc1ccccc1C)C(=O)CN(c1ccccc1OC)S(=O)(=O)c1ccc(C)cc1. The summed E-state index contributed by atoms with van der Waals surface area (Å²) in [6.07, 6.45) is 4.36. The molecule has 3 aromatic carbocycles. The molecule has 0 bridgehead atoms. The van der Waals surface area contributed by atoms with Crippen LogP contribution in [0.25, 0.3) is 0 Å². The number of methoxy groups -OCH3 is 1. The molecule has 8 nitrogen and oxygen atoms in total. The van der Waals surface area contributed by atoms with Crippen LogP contribution in [0.3, 0.4) is 0 Å². The van der Waals surface area contributed by atoms with Crippen LogP contribution < -0.4 is 14.4 Å². The predicted molar refractivity (Wildman–Crippen MR) is 165 cm³/mol. The van der Waals surface area contributed by atoms with Crippen molar-refractivity contribution in [3.63, 3.8) is 0 Å². The monoisotopic (exact) mass is 591 g/mol. The van der Waals surface area contributed by atoms with Crippen molar-refractivity contribution in [2.45, 2.75) is 76.4 Å². The number of ether oxygens (including phenoxy) is 1. The second-order valence-electron chi connectivity index (χ2n) is 10.9. The standard InChI is InChI=1S/C33H41N3O5S/c1-5-29(33(38)34-27-14-8-9-15-27)35(22-26-13-7-6-12-25(26)3)32(37)23-36(30-16-10-11-17-31(30)41-4)42(39,40)28-20-18-24(2)19-21-28/h6-7,10-13,16-21,27,29H,5,8-9,14-15,22-23H2,1-4H3,(H,34,38). The zero-order chi connectivity index (χ0) is 30.3. The Hall–Kier alpha value is -3.85. The first-order valence-electron chi connectivity index (χ1n) is 14.5. The molecule has 2 amide bonds. The summed E-state index contributed by atoms with van der Waals surface area (Å²) >= 11 is 0. The van der Waals surface area contributed by atoms with E-state index in [0.717, 1.165) is 46.7 Å². The maximum Gasteiger partial charge on any atom is 0.264 e. The van der Waals surface area contributed by atoms with E-state index in [4.69, 9.17) is 4.74 Å². The van der Waals surface area contributed by atoms with Gasteiger partial charge in [-0.2, -0.15) is 0 Å². The van der Waals surface area contributed by atoms with Crippen LogP contribution in [0.2, 0.25) is 0 Å². The molecule has 1 unspecified atom stereocenters. The maximum absolute atomic E-state index is 14.3. The molecule has 1 atom stereocenters. The van der Waals surface area contributed by atoms with Crippen LogP contribution in [0.1, 0.15) is 55.7 Å². The van der Waals surface area contributed by atoms with Gasteiger partial charge in [-0.25, -0.2) is 8.42 Å². The van der Waals surface area contributed by atoms with E-state index in [2.05, 4.69) is 5.32 Å². The predicted octanol–water partition coefficient (Wildman–Crippen LogP) is 5.37. The number of rotatable bonds is 12. The highest BCUT2D eigenvalue weighted by molar-refractivity contribution is 7.92. The molecule has 0 aliphatic heterocycles. The van der Waals surface area contributed by atoms with Crippen LogP contribution in [-0.2, 0) is 26.2 Å². The Bertz CT molecular complexity index is 1480. The summed E-state index contributed by atoms with van der Waals surface area (Å²) in [5.74, 6) is -0.373. The second-order valence-corrected chi connectivity index (χ2v) is 12.7. The van der Waals surface area contributed by atoms with E-state index in [9.17, 15) is 18.0 Å². The van der Waals surface area contributed by atoms with Crippen LogP contribution in [-0.4, -0.2) is 50.9 Å². The lowest BCUT2D eigenvalue weighted by Gasteiger charge is -2.34. The third-order valence-corrected chi connectivity index (χ3v) is 9.71. The van der Waals surface area contributed by atoms with Crippen molar-refractivity contribution in [3.8, 4) is 5.75 Å². The number of nitrogens with zero attached hydrogens (tertiary/aromatic N) is 2. The molecule has 42 heavy (non-hydrogen) atoms. The van der Waals surface area contributed by atoms with Gasteiger partial charge in [0.25, 0.3) is 10.0 Å². The number of amides is 2. The molecular formula is C33H41N3O5S. The van der Waals surface area contributed by atoms with E-state index in [1.165, 1.54) is 24.1 Å². The van der Waals surface area contributed by atoms with E-state index >= 15 is 0 Å². The van der Waals surface area contributed by atoms with Gasteiger partial charge in [0.1, 0.15) is 18.3 Å². The van der Waals surface area contributed by atoms with Gasteiger partial charge in [0.05, 0.1) is 17.7 Å². The number of aryl methyl sites for hydroxylation is 2. The minimum Gasteiger partial charge on any atom is -0.495 e. The maximum atomic E-state index is 14.3. The Morgan fingerprint density at radius 2 is 1.60 bits per heavy atom. The molecule has 1 fully saturated rings. The summed E-state index contributed by atoms with van der Waals surface area (Å²) in [6.45, 7) is 5.38. The van der Waals surface area contributed by atoms with Gasteiger partial charge < -0.3 is 15.0 Å². The van der Waals surface area contributed by atoms with Gasteiger partial charge in [0, 0.05) is 12.6 Å². The summed E-state index contributed by atoms with van der Waals surface area (Å²) in [4.78, 5) is 29.5. The zero-order valence-electron chi connectivity index (χ0n) is 24.9. The van der Waals surface area contributed by atoms with Crippen LogP contribution in [0, 0.1) is 13.8 Å². The Balaban J connectivity index is 1.75. The average Bonchev–Trinajstić information content (AvgIpc) is 3.49. The molecule has 1 aliphatic rings. The Kier molecular flexibility index (Phi) is 10.3. The first-order valence-corrected chi connectivity index (χ1v) is 16.0. The second kappa shape index (κ2) is 13.9. The van der Waals surface area contributed by atoms with Crippen LogP contribution in [0.5, 0.6) is 5.75 Å². The average molecular weight is 592 g/mol. The van der Waals surface area contributed by atoms with Crippen molar-refractivity contribution < 1.29 is 22.7 Å². The molecule has 224 valence electrons. The summed E-state index contributed by atoms with van der Waals surface area (Å²) in [5.41, 5.74) is 3.03. The molecule has 1 N–H and O–H groups in total.